The molecule has 1 N–H and O–H groups in total. The Morgan fingerprint density at radius 1 is 1.24 bits per heavy atom. The van der Waals surface area contributed by atoms with Gasteiger partial charge in [-0.15, -0.1) is 0 Å². The Kier molecular flexibility index (Phi) is 5.46. The van der Waals surface area contributed by atoms with Crippen molar-refractivity contribution in [1.29, 1.82) is 0 Å². The number of nitrogens with one attached hydrogen (secondary N) is 1. The average Bonchev–Trinajstić information content (AvgIpc) is 3.34. The molecule has 1 aromatic carbocycles. The first-order valence-corrected chi connectivity index (χ1v) is 12.3. The molecule has 3 heterocycles. The minimum atomic E-state index is -3.12. The summed E-state index contributed by atoms with van der Waals surface area (Å²) < 4.78 is 30.1. The highest BCUT2D eigenvalue weighted by atomic mass is 32.2. The Morgan fingerprint density at radius 2 is 1.97 bits per heavy atom. The number of fused-ring (bicyclic) bond motifs is 1. The lowest BCUT2D eigenvalue weighted by Gasteiger charge is -2.28. The molecule has 158 valence electrons. The van der Waals surface area contributed by atoms with Crippen molar-refractivity contribution >= 4 is 26.7 Å². The van der Waals surface area contributed by atoms with E-state index in [1.165, 1.54) is 11.1 Å². The molecule has 29 heavy (non-hydrogen) atoms. The number of hydrogen-bond donors (Lipinski definition) is 1. The zero-order valence-electron chi connectivity index (χ0n) is 17.4. The van der Waals surface area contributed by atoms with E-state index in [4.69, 9.17) is 4.42 Å². The van der Waals surface area contributed by atoms with Crippen molar-refractivity contribution < 1.29 is 17.6 Å². The number of aryl methyl sites for hydroxylation is 1. The van der Waals surface area contributed by atoms with Crippen LogP contribution in [-0.4, -0.2) is 55.9 Å². The summed E-state index contributed by atoms with van der Waals surface area (Å²) in [5.41, 5.74) is 4.06. The van der Waals surface area contributed by atoms with Gasteiger partial charge < -0.3 is 9.73 Å². The Balaban J connectivity index is 1.51. The first kappa shape index (κ1) is 20.4. The molecule has 2 fully saturated rings. The van der Waals surface area contributed by atoms with E-state index in [1.807, 2.05) is 6.07 Å². The van der Waals surface area contributed by atoms with Gasteiger partial charge in [0.25, 0.3) is 0 Å². The lowest BCUT2D eigenvalue weighted by molar-refractivity contribution is -0.121. The second-order valence-electron chi connectivity index (χ2n) is 8.86. The van der Waals surface area contributed by atoms with Crippen molar-refractivity contribution in [3.05, 3.63) is 35.1 Å². The van der Waals surface area contributed by atoms with E-state index in [0.29, 0.717) is 5.92 Å². The maximum Gasteiger partial charge on any atom is 0.224 e. The normalized spacial score (nSPS) is 24.6. The van der Waals surface area contributed by atoms with E-state index in [9.17, 15) is 13.2 Å². The van der Waals surface area contributed by atoms with E-state index >= 15 is 0 Å². The molecule has 0 saturated carbocycles. The van der Waals surface area contributed by atoms with E-state index in [2.05, 4.69) is 37.1 Å². The summed E-state index contributed by atoms with van der Waals surface area (Å²) in [5.74, 6) is 0.415. The zero-order valence-corrected chi connectivity index (χ0v) is 18.2. The standard InChI is InChI=1S/C22H30N2O4S/c1-14(2)17-10-18-16(11-28-21(18)8-15(17)3)9-22(25)23-19-12-29(26,27)13-20(19)24-6-4-5-7-24/h8,10-11,14,19-20H,4-7,9,12-13H2,1-3H3,(H,23,25). The molecule has 2 aromatic rings. The first-order chi connectivity index (χ1) is 13.7. The maximum absolute atomic E-state index is 12.8. The van der Waals surface area contributed by atoms with Gasteiger partial charge in [-0.3, -0.25) is 9.69 Å². The lowest BCUT2D eigenvalue weighted by atomic mass is 9.95. The highest BCUT2D eigenvalue weighted by molar-refractivity contribution is 7.91. The highest BCUT2D eigenvalue weighted by Gasteiger charge is 2.42. The van der Waals surface area contributed by atoms with E-state index in [0.717, 1.165) is 42.5 Å². The van der Waals surface area contributed by atoms with Crippen molar-refractivity contribution in [3.8, 4) is 0 Å². The highest BCUT2D eigenvalue weighted by Crippen LogP contribution is 2.29. The third-order valence-corrected chi connectivity index (χ3v) is 8.01. The minimum Gasteiger partial charge on any atom is -0.464 e. The van der Waals surface area contributed by atoms with E-state index in [-0.39, 0.29) is 35.9 Å². The van der Waals surface area contributed by atoms with Crippen molar-refractivity contribution in [2.24, 2.45) is 0 Å². The molecule has 0 bridgehead atoms. The number of likely N-dealkylation sites (tertiary alicyclic amines) is 1. The number of carbonyl (C=O) groups excluding carboxylic acids is 1. The van der Waals surface area contributed by atoms with Crippen molar-refractivity contribution in [2.45, 2.75) is 58.0 Å². The van der Waals surface area contributed by atoms with Crippen LogP contribution in [-0.2, 0) is 21.1 Å². The fourth-order valence-electron chi connectivity index (χ4n) is 4.83. The summed E-state index contributed by atoms with van der Waals surface area (Å²) in [5, 5.41) is 3.97. The lowest BCUT2D eigenvalue weighted by Crippen LogP contribution is -2.50. The van der Waals surface area contributed by atoms with Crippen LogP contribution in [0.15, 0.2) is 22.8 Å². The van der Waals surface area contributed by atoms with Crippen molar-refractivity contribution in [2.75, 3.05) is 24.6 Å². The van der Waals surface area contributed by atoms with Crippen LogP contribution in [0.1, 0.15) is 49.3 Å². The van der Waals surface area contributed by atoms with Gasteiger partial charge in [0, 0.05) is 17.0 Å². The molecule has 2 aliphatic heterocycles. The Labute approximate surface area is 172 Å². The second kappa shape index (κ2) is 7.76. The molecule has 1 aromatic heterocycles. The second-order valence-corrected chi connectivity index (χ2v) is 11.0. The summed E-state index contributed by atoms with van der Waals surface area (Å²) in [6, 6.07) is 3.70. The topological polar surface area (TPSA) is 79.6 Å². The smallest absolute Gasteiger partial charge is 0.224 e. The van der Waals surface area contributed by atoms with Crippen LogP contribution in [0.3, 0.4) is 0 Å². The van der Waals surface area contributed by atoms with Crippen LogP contribution in [0.4, 0.5) is 0 Å². The molecule has 2 unspecified atom stereocenters. The Hall–Kier alpha value is -1.86. The van der Waals surface area contributed by atoms with Gasteiger partial charge in [-0.1, -0.05) is 13.8 Å². The molecule has 7 heteroatoms. The molecule has 0 radical (unpaired) electrons. The molecule has 4 rings (SSSR count). The monoisotopic (exact) mass is 418 g/mol. The van der Waals surface area contributed by atoms with Gasteiger partial charge in [0.05, 0.1) is 30.2 Å². The zero-order chi connectivity index (χ0) is 20.8. The van der Waals surface area contributed by atoms with Gasteiger partial charge in [0.2, 0.25) is 5.91 Å². The quantitative estimate of drug-likeness (QED) is 0.808. The molecule has 2 saturated heterocycles. The molecule has 6 nitrogen and oxygen atoms in total. The predicted octanol–water partition coefficient (Wildman–Crippen LogP) is 2.78. The molecule has 0 spiro atoms. The Bertz CT molecular complexity index is 1020. The number of furan rings is 1. The van der Waals surface area contributed by atoms with Crippen molar-refractivity contribution in [1.82, 2.24) is 10.2 Å². The van der Waals surface area contributed by atoms with Gasteiger partial charge in [-0.05, 0) is 62.0 Å². The summed E-state index contributed by atoms with van der Waals surface area (Å²) >= 11 is 0. The van der Waals surface area contributed by atoms with E-state index in [1.54, 1.807) is 6.26 Å². The van der Waals surface area contributed by atoms with Gasteiger partial charge >= 0.3 is 0 Å². The van der Waals surface area contributed by atoms with Crippen LogP contribution < -0.4 is 5.32 Å². The number of benzene rings is 1. The largest absolute Gasteiger partial charge is 0.464 e. The van der Waals surface area contributed by atoms with Gasteiger partial charge in [-0.2, -0.15) is 0 Å². The fraction of sp³-hybridized carbons (Fsp3) is 0.591. The molecule has 2 atom stereocenters. The van der Waals surface area contributed by atoms with Gasteiger partial charge in [0.15, 0.2) is 9.84 Å². The number of hydrogen-bond acceptors (Lipinski definition) is 5. The first-order valence-electron chi connectivity index (χ1n) is 10.5. The van der Waals surface area contributed by atoms with Crippen LogP contribution >= 0.6 is 0 Å². The van der Waals surface area contributed by atoms with Crippen LogP contribution in [0.5, 0.6) is 0 Å². The van der Waals surface area contributed by atoms with Gasteiger partial charge in [0.1, 0.15) is 5.58 Å². The molecular weight excluding hydrogens is 388 g/mol. The van der Waals surface area contributed by atoms with Gasteiger partial charge in [-0.25, -0.2) is 8.42 Å². The number of carbonyl (C=O) groups is 1. The molecular formula is C22H30N2O4S. The maximum atomic E-state index is 12.8. The summed E-state index contributed by atoms with van der Waals surface area (Å²) in [4.78, 5) is 15.0. The number of amides is 1. The van der Waals surface area contributed by atoms with Crippen LogP contribution in [0, 0.1) is 6.92 Å². The summed E-state index contributed by atoms with van der Waals surface area (Å²) in [6.07, 6.45) is 4.03. The SMILES string of the molecule is Cc1cc2occ(CC(=O)NC3CS(=O)(=O)CC3N3CCCC3)c2cc1C(C)C. The van der Waals surface area contributed by atoms with Crippen LogP contribution in [0.2, 0.25) is 0 Å². The molecule has 2 aliphatic rings. The van der Waals surface area contributed by atoms with Crippen molar-refractivity contribution in [3.63, 3.8) is 0 Å². The summed E-state index contributed by atoms with van der Waals surface area (Å²) in [7, 11) is -3.12. The average molecular weight is 419 g/mol. The number of nitrogens with zero attached hydrogens (tertiary/aromatic N) is 1. The Morgan fingerprint density at radius 3 is 2.66 bits per heavy atom. The summed E-state index contributed by atoms with van der Waals surface area (Å²) in [6.45, 7) is 8.20. The third-order valence-electron chi connectivity index (χ3n) is 6.29. The number of sulfone groups is 1. The molecule has 0 aliphatic carbocycles. The minimum absolute atomic E-state index is 0.0305. The number of rotatable bonds is 5. The third kappa shape index (κ3) is 4.21. The molecule has 1 amide bonds. The fourth-order valence-corrected chi connectivity index (χ4v) is 6.79. The van der Waals surface area contributed by atoms with E-state index < -0.39 is 9.84 Å². The van der Waals surface area contributed by atoms with Crippen LogP contribution in [0.25, 0.3) is 11.0 Å². The predicted molar refractivity (Wildman–Crippen MR) is 114 cm³/mol.